The average Bonchev–Trinajstić information content (AvgIpc) is 3.01. The van der Waals surface area contributed by atoms with Crippen molar-refractivity contribution in [1.82, 2.24) is 4.57 Å². The van der Waals surface area contributed by atoms with Crippen LogP contribution in [0, 0.1) is 11.6 Å². The smallest absolute Gasteiger partial charge is 0.142 e. The summed E-state index contributed by atoms with van der Waals surface area (Å²) in [6.07, 6.45) is 5.90. The van der Waals surface area contributed by atoms with E-state index in [9.17, 15) is 13.6 Å². The Kier molecular flexibility index (Phi) is 5.12. The predicted octanol–water partition coefficient (Wildman–Crippen LogP) is 5.89. The first kappa shape index (κ1) is 17.8. The summed E-state index contributed by atoms with van der Waals surface area (Å²) in [6.45, 7) is 4.09. The quantitative estimate of drug-likeness (QED) is 0.415. The Bertz CT molecular complexity index is 936. The van der Waals surface area contributed by atoms with Crippen LogP contribution in [0.4, 0.5) is 8.78 Å². The van der Waals surface area contributed by atoms with Crippen molar-refractivity contribution in [2.24, 2.45) is 0 Å². The van der Waals surface area contributed by atoms with E-state index in [0.29, 0.717) is 0 Å². The van der Waals surface area contributed by atoms with Gasteiger partial charge in [-0.1, -0.05) is 24.3 Å². The molecule has 0 aliphatic rings. The molecule has 3 rings (SSSR count). The molecular weight excluding hydrogens is 332 g/mol. The highest BCUT2D eigenvalue weighted by Gasteiger charge is 2.18. The van der Waals surface area contributed by atoms with Crippen LogP contribution in [-0.2, 0) is 4.79 Å². The van der Waals surface area contributed by atoms with Crippen molar-refractivity contribution in [3.05, 3.63) is 78.1 Å². The molecule has 1 heterocycles. The van der Waals surface area contributed by atoms with Crippen molar-refractivity contribution in [3.63, 3.8) is 0 Å². The van der Waals surface area contributed by atoms with E-state index in [-0.39, 0.29) is 17.7 Å². The SMILES string of the molecule is CC(C)n1cc(-c2ccc(F)cc2)c(-c2ccc(F)cc2)c1C=CC=O. The van der Waals surface area contributed by atoms with E-state index in [4.69, 9.17) is 0 Å². The molecule has 0 spiro atoms. The highest BCUT2D eigenvalue weighted by atomic mass is 19.1. The maximum absolute atomic E-state index is 13.4. The Morgan fingerprint density at radius 1 is 0.885 bits per heavy atom. The summed E-state index contributed by atoms with van der Waals surface area (Å²) < 4.78 is 28.8. The normalized spacial score (nSPS) is 11.4. The average molecular weight is 351 g/mol. The molecular formula is C22H19F2NO. The van der Waals surface area contributed by atoms with Crippen LogP contribution in [0.2, 0.25) is 0 Å². The lowest BCUT2D eigenvalue weighted by molar-refractivity contribution is -0.104. The van der Waals surface area contributed by atoms with Gasteiger partial charge in [-0.3, -0.25) is 4.79 Å². The number of carbonyl (C=O) groups excluding carboxylic acids is 1. The Morgan fingerprint density at radius 2 is 1.42 bits per heavy atom. The molecule has 0 unspecified atom stereocenters. The molecule has 0 amide bonds. The molecule has 3 aromatic rings. The number of hydrogen-bond acceptors (Lipinski definition) is 1. The number of hydrogen-bond donors (Lipinski definition) is 0. The van der Waals surface area contributed by atoms with Gasteiger partial charge in [0.15, 0.2) is 0 Å². The predicted molar refractivity (Wildman–Crippen MR) is 101 cm³/mol. The largest absolute Gasteiger partial charge is 0.344 e. The van der Waals surface area contributed by atoms with Gasteiger partial charge >= 0.3 is 0 Å². The molecule has 132 valence electrons. The number of aromatic nitrogens is 1. The first-order valence-corrected chi connectivity index (χ1v) is 8.40. The molecule has 1 aromatic heterocycles. The second-order valence-corrected chi connectivity index (χ2v) is 6.31. The molecule has 0 aliphatic carbocycles. The first-order chi connectivity index (χ1) is 12.5. The Hall–Kier alpha value is -3.01. The van der Waals surface area contributed by atoms with Crippen molar-refractivity contribution in [1.29, 1.82) is 0 Å². The lowest BCUT2D eigenvalue weighted by Gasteiger charge is -2.12. The van der Waals surface area contributed by atoms with Gasteiger partial charge in [0.25, 0.3) is 0 Å². The van der Waals surface area contributed by atoms with Gasteiger partial charge in [0.2, 0.25) is 0 Å². The molecule has 0 fully saturated rings. The maximum atomic E-state index is 13.4. The zero-order chi connectivity index (χ0) is 18.7. The van der Waals surface area contributed by atoms with Crippen LogP contribution >= 0.6 is 0 Å². The van der Waals surface area contributed by atoms with Gasteiger partial charge in [-0.25, -0.2) is 8.78 Å². The van der Waals surface area contributed by atoms with Crippen molar-refractivity contribution in [2.45, 2.75) is 19.9 Å². The Morgan fingerprint density at radius 3 is 1.92 bits per heavy atom. The van der Waals surface area contributed by atoms with Gasteiger partial charge in [0.05, 0.1) is 0 Å². The van der Waals surface area contributed by atoms with Crippen LogP contribution in [0.3, 0.4) is 0 Å². The van der Waals surface area contributed by atoms with Gasteiger partial charge in [-0.05, 0) is 61.4 Å². The Labute approximate surface area is 151 Å². The number of aldehydes is 1. The van der Waals surface area contributed by atoms with E-state index in [1.807, 2.05) is 20.0 Å². The van der Waals surface area contributed by atoms with E-state index >= 15 is 0 Å². The fourth-order valence-corrected chi connectivity index (χ4v) is 3.04. The molecule has 0 saturated heterocycles. The summed E-state index contributed by atoms with van der Waals surface area (Å²) in [4.78, 5) is 10.9. The zero-order valence-electron chi connectivity index (χ0n) is 14.6. The molecule has 0 bridgehead atoms. The zero-order valence-corrected chi connectivity index (χ0v) is 14.6. The summed E-state index contributed by atoms with van der Waals surface area (Å²) in [7, 11) is 0. The molecule has 0 saturated carbocycles. The first-order valence-electron chi connectivity index (χ1n) is 8.40. The van der Waals surface area contributed by atoms with Crippen molar-refractivity contribution in [2.75, 3.05) is 0 Å². The van der Waals surface area contributed by atoms with Crippen molar-refractivity contribution >= 4 is 12.4 Å². The lowest BCUT2D eigenvalue weighted by Crippen LogP contribution is -2.01. The van der Waals surface area contributed by atoms with E-state index in [2.05, 4.69) is 4.57 Å². The molecule has 0 radical (unpaired) electrons. The summed E-state index contributed by atoms with van der Waals surface area (Å²) in [5, 5.41) is 0. The maximum Gasteiger partial charge on any atom is 0.142 e. The minimum absolute atomic E-state index is 0.148. The second kappa shape index (κ2) is 7.48. The summed E-state index contributed by atoms with van der Waals surface area (Å²) in [5.41, 5.74) is 4.30. The van der Waals surface area contributed by atoms with Gasteiger partial charge in [-0.15, -0.1) is 0 Å². The number of rotatable bonds is 5. The molecule has 2 aromatic carbocycles. The monoisotopic (exact) mass is 351 g/mol. The number of halogens is 2. The van der Waals surface area contributed by atoms with Crippen LogP contribution < -0.4 is 0 Å². The van der Waals surface area contributed by atoms with Gasteiger partial charge in [0, 0.05) is 29.1 Å². The summed E-state index contributed by atoms with van der Waals surface area (Å²) >= 11 is 0. The standard InChI is InChI=1S/C22H19F2NO/c1-15(2)25-14-20(16-5-9-18(23)10-6-16)22(21(25)4-3-13-26)17-7-11-19(24)12-8-17/h3-15H,1-2H3. The van der Waals surface area contributed by atoms with Gasteiger partial charge in [0.1, 0.15) is 17.9 Å². The Balaban J connectivity index is 2.31. The van der Waals surface area contributed by atoms with E-state index < -0.39 is 0 Å². The lowest BCUT2D eigenvalue weighted by atomic mass is 9.96. The van der Waals surface area contributed by atoms with Crippen molar-refractivity contribution in [3.8, 4) is 22.3 Å². The third-order valence-corrected chi connectivity index (χ3v) is 4.25. The van der Waals surface area contributed by atoms with Gasteiger partial charge in [-0.2, -0.15) is 0 Å². The number of nitrogens with zero attached hydrogens (tertiary/aromatic N) is 1. The summed E-state index contributed by atoms with van der Waals surface area (Å²) in [5.74, 6) is -0.619. The van der Waals surface area contributed by atoms with Gasteiger partial charge < -0.3 is 4.57 Å². The highest BCUT2D eigenvalue weighted by molar-refractivity contribution is 5.90. The number of benzene rings is 2. The minimum Gasteiger partial charge on any atom is -0.344 e. The molecule has 0 atom stereocenters. The number of allylic oxidation sites excluding steroid dienone is 1. The minimum atomic E-state index is -0.314. The third kappa shape index (κ3) is 3.49. The van der Waals surface area contributed by atoms with Crippen molar-refractivity contribution < 1.29 is 13.6 Å². The van der Waals surface area contributed by atoms with Crippen LogP contribution in [0.1, 0.15) is 25.6 Å². The van der Waals surface area contributed by atoms with E-state index in [1.165, 1.54) is 30.3 Å². The second-order valence-electron chi connectivity index (χ2n) is 6.31. The van der Waals surface area contributed by atoms with Crippen LogP contribution in [0.25, 0.3) is 28.3 Å². The van der Waals surface area contributed by atoms with Crippen LogP contribution in [0.5, 0.6) is 0 Å². The van der Waals surface area contributed by atoms with E-state index in [0.717, 1.165) is 34.2 Å². The van der Waals surface area contributed by atoms with Crippen LogP contribution in [-0.4, -0.2) is 10.9 Å². The molecule has 2 nitrogen and oxygen atoms in total. The molecule has 0 N–H and O–H groups in total. The highest BCUT2D eigenvalue weighted by Crippen LogP contribution is 2.39. The molecule has 0 aliphatic heterocycles. The molecule has 26 heavy (non-hydrogen) atoms. The number of carbonyl (C=O) groups is 1. The molecule has 4 heteroatoms. The fourth-order valence-electron chi connectivity index (χ4n) is 3.04. The van der Waals surface area contributed by atoms with Crippen LogP contribution in [0.15, 0.2) is 60.8 Å². The topological polar surface area (TPSA) is 22.0 Å². The van der Waals surface area contributed by atoms with E-state index in [1.54, 1.807) is 30.3 Å². The summed E-state index contributed by atoms with van der Waals surface area (Å²) in [6, 6.07) is 12.6. The third-order valence-electron chi connectivity index (χ3n) is 4.25. The fraction of sp³-hybridized carbons (Fsp3) is 0.136.